The Hall–Kier alpha value is -2.08. The van der Waals surface area contributed by atoms with E-state index < -0.39 is 40.8 Å². The minimum Gasteiger partial charge on any atom is -0.345 e. The van der Waals surface area contributed by atoms with Crippen molar-refractivity contribution in [3.8, 4) is 0 Å². The predicted molar refractivity (Wildman–Crippen MR) is 78.2 cm³/mol. The van der Waals surface area contributed by atoms with Gasteiger partial charge in [0.1, 0.15) is 0 Å². The molecule has 1 amide bonds. The zero-order valence-corrected chi connectivity index (χ0v) is 12.7. The van der Waals surface area contributed by atoms with Crippen LogP contribution in [-0.2, 0) is 0 Å². The fourth-order valence-corrected chi connectivity index (χ4v) is 2.22. The molecule has 2 aromatic carbocycles. The van der Waals surface area contributed by atoms with Gasteiger partial charge in [-0.25, -0.2) is 17.6 Å². The molecule has 2 nitrogen and oxygen atoms in total. The smallest absolute Gasteiger partial charge is 0.254 e. The van der Waals surface area contributed by atoms with Gasteiger partial charge in [0, 0.05) is 5.02 Å². The van der Waals surface area contributed by atoms with Crippen molar-refractivity contribution in [1.29, 1.82) is 0 Å². The number of carbonyl (C=O) groups is 1. The minimum absolute atomic E-state index is 0.331. The van der Waals surface area contributed by atoms with Crippen LogP contribution in [0.5, 0.6) is 0 Å². The Morgan fingerprint density at radius 1 is 1.09 bits per heavy atom. The van der Waals surface area contributed by atoms with Crippen LogP contribution in [0.3, 0.4) is 0 Å². The van der Waals surface area contributed by atoms with Gasteiger partial charge in [-0.15, -0.1) is 0 Å². The fraction of sp³-hybridized carbons (Fsp3) is 0.188. The van der Waals surface area contributed by atoms with Crippen molar-refractivity contribution < 1.29 is 22.4 Å². The standard InChI is InChI=1S/C16H12ClF4NO/c1-2-12(8-3-5-9(17)6-4-8)22-16(23)10-7-11(18)14(20)15(21)13(10)19/h3-7,12H,2H2,1H3,(H,22,23). The van der Waals surface area contributed by atoms with Gasteiger partial charge in [-0.3, -0.25) is 4.79 Å². The molecule has 0 saturated heterocycles. The molecule has 2 rings (SSSR count). The molecule has 23 heavy (non-hydrogen) atoms. The van der Waals surface area contributed by atoms with E-state index in [2.05, 4.69) is 5.32 Å². The first kappa shape index (κ1) is 17.3. The van der Waals surface area contributed by atoms with Crippen LogP contribution in [0.2, 0.25) is 5.02 Å². The summed E-state index contributed by atoms with van der Waals surface area (Å²) >= 11 is 5.78. The van der Waals surface area contributed by atoms with E-state index in [0.717, 1.165) is 0 Å². The number of benzene rings is 2. The summed E-state index contributed by atoms with van der Waals surface area (Å²) in [5.41, 5.74) is -0.206. The number of halogens is 5. The Morgan fingerprint density at radius 3 is 2.26 bits per heavy atom. The number of hydrogen-bond acceptors (Lipinski definition) is 1. The van der Waals surface area contributed by atoms with Crippen molar-refractivity contribution in [2.45, 2.75) is 19.4 Å². The Bertz CT molecular complexity index is 734. The highest BCUT2D eigenvalue weighted by Crippen LogP contribution is 2.22. The molecule has 0 fully saturated rings. The first-order valence-electron chi connectivity index (χ1n) is 6.74. The molecule has 0 aromatic heterocycles. The molecular weight excluding hydrogens is 334 g/mol. The first-order chi connectivity index (χ1) is 10.8. The molecule has 0 radical (unpaired) electrons. The SMILES string of the molecule is CCC(NC(=O)c1cc(F)c(F)c(F)c1F)c1ccc(Cl)cc1. The summed E-state index contributed by atoms with van der Waals surface area (Å²) in [5, 5.41) is 2.96. The summed E-state index contributed by atoms with van der Waals surface area (Å²) in [5.74, 6) is -8.37. The zero-order valence-electron chi connectivity index (χ0n) is 12.0. The average Bonchev–Trinajstić information content (AvgIpc) is 2.54. The lowest BCUT2D eigenvalue weighted by atomic mass is 10.0. The van der Waals surface area contributed by atoms with Crippen LogP contribution in [-0.4, -0.2) is 5.91 Å². The molecule has 0 aliphatic heterocycles. The van der Waals surface area contributed by atoms with E-state index in [0.29, 0.717) is 23.1 Å². The van der Waals surface area contributed by atoms with Gasteiger partial charge in [-0.05, 0) is 30.2 Å². The summed E-state index contributed by atoms with van der Waals surface area (Å²) in [6, 6.07) is 6.37. The Morgan fingerprint density at radius 2 is 1.70 bits per heavy atom. The van der Waals surface area contributed by atoms with Crippen LogP contribution in [0.15, 0.2) is 30.3 Å². The number of amides is 1. The predicted octanol–water partition coefficient (Wildman–Crippen LogP) is 4.78. The van der Waals surface area contributed by atoms with Crippen molar-refractivity contribution in [3.05, 3.63) is 69.8 Å². The van der Waals surface area contributed by atoms with E-state index in [9.17, 15) is 22.4 Å². The Labute approximate surface area is 135 Å². The summed E-state index contributed by atoms with van der Waals surface area (Å²) < 4.78 is 53.0. The molecule has 0 aliphatic rings. The lowest BCUT2D eigenvalue weighted by molar-refractivity contribution is 0.0929. The maximum Gasteiger partial charge on any atom is 0.254 e. The van der Waals surface area contributed by atoms with Crippen molar-refractivity contribution in [2.75, 3.05) is 0 Å². The van der Waals surface area contributed by atoms with E-state index in [1.54, 1.807) is 31.2 Å². The second-order valence-corrected chi connectivity index (χ2v) is 5.27. The van der Waals surface area contributed by atoms with Crippen molar-refractivity contribution >= 4 is 17.5 Å². The van der Waals surface area contributed by atoms with Crippen molar-refractivity contribution in [2.24, 2.45) is 0 Å². The van der Waals surface area contributed by atoms with Gasteiger partial charge in [-0.1, -0.05) is 30.7 Å². The molecule has 0 spiro atoms. The van der Waals surface area contributed by atoms with Gasteiger partial charge in [0.15, 0.2) is 23.3 Å². The molecule has 1 N–H and O–H groups in total. The lowest BCUT2D eigenvalue weighted by Crippen LogP contribution is -2.29. The highest BCUT2D eigenvalue weighted by Gasteiger charge is 2.24. The average molecular weight is 346 g/mol. The van der Waals surface area contributed by atoms with Gasteiger partial charge in [0.25, 0.3) is 5.91 Å². The van der Waals surface area contributed by atoms with Gasteiger partial charge >= 0.3 is 0 Å². The number of hydrogen-bond donors (Lipinski definition) is 1. The minimum atomic E-state index is -2.02. The molecule has 2 aromatic rings. The normalized spacial score (nSPS) is 12.1. The summed E-state index contributed by atoms with van der Waals surface area (Å²) in [4.78, 5) is 12.1. The quantitative estimate of drug-likeness (QED) is 0.482. The van der Waals surface area contributed by atoms with E-state index in [4.69, 9.17) is 11.6 Å². The number of nitrogens with one attached hydrogen (secondary N) is 1. The van der Waals surface area contributed by atoms with Crippen molar-refractivity contribution in [1.82, 2.24) is 5.32 Å². The highest BCUT2D eigenvalue weighted by atomic mass is 35.5. The second kappa shape index (κ2) is 7.00. The first-order valence-corrected chi connectivity index (χ1v) is 7.12. The zero-order chi connectivity index (χ0) is 17.1. The molecule has 0 aliphatic carbocycles. The highest BCUT2D eigenvalue weighted by molar-refractivity contribution is 6.30. The summed E-state index contributed by atoms with van der Waals surface area (Å²) in [6.45, 7) is 1.77. The van der Waals surface area contributed by atoms with Crippen LogP contribution < -0.4 is 5.32 Å². The van der Waals surface area contributed by atoms with Crippen LogP contribution in [0.4, 0.5) is 17.6 Å². The molecule has 122 valence electrons. The topological polar surface area (TPSA) is 29.1 Å². The third kappa shape index (κ3) is 3.64. The second-order valence-electron chi connectivity index (χ2n) is 4.83. The van der Waals surface area contributed by atoms with Crippen LogP contribution in [0.1, 0.15) is 35.3 Å². The van der Waals surface area contributed by atoms with E-state index in [-0.39, 0.29) is 0 Å². The Kier molecular flexibility index (Phi) is 5.26. The molecule has 0 heterocycles. The number of carbonyl (C=O) groups excluding carboxylic acids is 1. The van der Waals surface area contributed by atoms with Gasteiger partial charge in [-0.2, -0.15) is 0 Å². The fourth-order valence-electron chi connectivity index (χ4n) is 2.09. The largest absolute Gasteiger partial charge is 0.345 e. The van der Waals surface area contributed by atoms with Crippen LogP contribution >= 0.6 is 11.6 Å². The molecule has 0 saturated carbocycles. The molecule has 1 atom stereocenters. The van der Waals surface area contributed by atoms with E-state index in [1.165, 1.54) is 0 Å². The van der Waals surface area contributed by atoms with E-state index in [1.807, 2.05) is 0 Å². The maximum atomic E-state index is 13.6. The third-order valence-electron chi connectivity index (χ3n) is 3.33. The monoisotopic (exact) mass is 345 g/mol. The molecule has 1 unspecified atom stereocenters. The summed E-state index contributed by atoms with van der Waals surface area (Å²) in [6.07, 6.45) is 0.446. The molecule has 0 bridgehead atoms. The lowest BCUT2D eigenvalue weighted by Gasteiger charge is -2.18. The third-order valence-corrected chi connectivity index (χ3v) is 3.59. The van der Waals surface area contributed by atoms with Crippen LogP contribution in [0, 0.1) is 23.3 Å². The van der Waals surface area contributed by atoms with E-state index >= 15 is 0 Å². The Balaban J connectivity index is 2.29. The van der Waals surface area contributed by atoms with Crippen LogP contribution in [0.25, 0.3) is 0 Å². The van der Waals surface area contributed by atoms with Gasteiger partial charge in [0.2, 0.25) is 0 Å². The van der Waals surface area contributed by atoms with Gasteiger partial charge in [0.05, 0.1) is 11.6 Å². The molecule has 7 heteroatoms. The maximum absolute atomic E-state index is 13.6. The van der Waals surface area contributed by atoms with Crippen molar-refractivity contribution in [3.63, 3.8) is 0 Å². The number of rotatable bonds is 4. The van der Waals surface area contributed by atoms with Gasteiger partial charge < -0.3 is 5.32 Å². The molecular formula is C16H12ClF4NO. The summed E-state index contributed by atoms with van der Waals surface area (Å²) in [7, 11) is 0.